The maximum absolute atomic E-state index is 13.3. The summed E-state index contributed by atoms with van der Waals surface area (Å²) < 4.78 is 14.6. The first-order chi connectivity index (χ1) is 13.8. The van der Waals surface area contributed by atoms with Crippen LogP contribution in [0.1, 0.15) is 33.1 Å². The molecule has 0 fully saturated rings. The minimum atomic E-state index is -0.695. The number of carbonyl (C=O) groups is 1. The Hall–Kier alpha value is -2.26. The molecule has 0 aliphatic rings. The van der Waals surface area contributed by atoms with Crippen molar-refractivity contribution in [3.8, 4) is 0 Å². The van der Waals surface area contributed by atoms with Crippen molar-refractivity contribution in [3.05, 3.63) is 49.9 Å². The molecule has 0 saturated carbocycles. The number of nitrogens with one attached hydrogen (secondary N) is 1. The molecular weight excluding hydrogens is 419 g/mol. The highest BCUT2D eigenvalue weighted by molar-refractivity contribution is 8.00. The Labute approximate surface area is 177 Å². The number of aromatic nitrogens is 2. The van der Waals surface area contributed by atoms with Gasteiger partial charge in [-0.25, -0.2) is 9.18 Å². The van der Waals surface area contributed by atoms with Gasteiger partial charge in [0, 0.05) is 18.0 Å². The van der Waals surface area contributed by atoms with E-state index < -0.39 is 17.1 Å². The SMILES string of the molecule is CCCCN(C(=O)CSc1ccc(F)c(Cl)c1)c1c(N)n(CCC)c(=O)[nH]c1=O. The van der Waals surface area contributed by atoms with E-state index in [1.54, 1.807) is 0 Å². The van der Waals surface area contributed by atoms with Gasteiger partial charge in [0.1, 0.15) is 11.6 Å². The van der Waals surface area contributed by atoms with Crippen LogP contribution in [-0.4, -0.2) is 27.8 Å². The van der Waals surface area contributed by atoms with Gasteiger partial charge in [-0.1, -0.05) is 31.9 Å². The number of nitrogens with two attached hydrogens (primary N) is 1. The van der Waals surface area contributed by atoms with Crippen molar-refractivity contribution in [2.75, 3.05) is 22.9 Å². The van der Waals surface area contributed by atoms with Gasteiger partial charge in [-0.3, -0.25) is 19.1 Å². The minimum absolute atomic E-state index is 0.00252. The Morgan fingerprint density at radius 3 is 2.66 bits per heavy atom. The highest BCUT2D eigenvalue weighted by atomic mass is 35.5. The lowest BCUT2D eigenvalue weighted by Crippen LogP contribution is -2.42. The molecular formula is C19H24ClFN4O3S. The lowest BCUT2D eigenvalue weighted by molar-refractivity contribution is -0.116. The van der Waals surface area contributed by atoms with Crippen molar-refractivity contribution < 1.29 is 9.18 Å². The quantitative estimate of drug-likeness (QED) is 0.580. The van der Waals surface area contributed by atoms with Gasteiger partial charge in [0.15, 0.2) is 5.69 Å². The van der Waals surface area contributed by atoms with E-state index in [-0.39, 0.29) is 34.7 Å². The summed E-state index contributed by atoms with van der Waals surface area (Å²) in [6, 6.07) is 4.19. The normalized spacial score (nSPS) is 10.9. The van der Waals surface area contributed by atoms with Crippen LogP contribution in [-0.2, 0) is 11.3 Å². The molecule has 0 bridgehead atoms. The Balaban J connectivity index is 2.34. The van der Waals surface area contributed by atoms with Crippen molar-refractivity contribution in [1.29, 1.82) is 0 Å². The van der Waals surface area contributed by atoms with Crippen LogP contribution in [0.5, 0.6) is 0 Å². The smallest absolute Gasteiger partial charge is 0.330 e. The van der Waals surface area contributed by atoms with E-state index in [2.05, 4.69) is 4.98 Å². The monoisotopic (exact) mass is 442 g/mol. The predicted molar refractivity (Wildman–Crippen MR) is 115 cm³/mol. The summed E-state index contributed by atoms with van der Waals surface area (Å²) in [5.74, 6) is -0.913. The van der Waals surface area contributed by atoms with Gasteiger partial charge in [0.2, 0.25) is 5.91 Å². The Bertz CT molecular complexity index is 992. The first-order valence-electron chi connectivity index (χ1n) is 9.30. The molecule has 1 aromatic carbocycles. The third-order valence-corrected chi connectivity index (χ3v) is 5.49. The molecule has 158 valence electrons. The number of carbonyl (C=O) groups excluding carboxylic acids is 1. The fourth-order valence-corrected chi connectivity index (χ4v) is 3.81. The Morgan fingerprint density at radius 1 is 1.31 bits per heavy atom. The van der Waals surface area contributed by atoms with Crippen molar-refractivity contribution >= 4 is 40.8 Å². The van der Waals surface area contributed by atoms with Crippen LogP contribution in [0.25, 0.3) is 0 Å². The molecule has 0 aliphatic carbocycles. The molecule has 0 atom stereocenters. The summed E-state index contributed by atoms with van der Waals surface area (Å²) in [5, 5.41) is -0.0300. The molecule has 29 heavy (non-hydrogen) atoms. The average molecular weight is 443 g/mol. The Kier molecular flexibility index (Phi) is 8.33. The molecule has 10 heteroatoms. The van der Waals surface area contributed by atoms with Gasteiger partial charge in [-0.05, 0) is 31.0 Å². The van der Waals surface area contributed by atoms with E-state index in [1.165, 1.54) is 39.4 Å². The number of halogens is 2. The van der Waals surface area contributed by atoms with E-state index in [1.807, 2.05) is 13.8 Å². The number of thioether (sulfide) groups is 1. The molecule has 0 aliphatic heterocycles. The van der Waals surface area contributed by atoms with Gasteiger partial charge in [-0.15, -0.1) is 11.8 Å². The highest BCUT2D eigenvalue weighted by Crippen LogP contribution is 2.25. The van der Waals surface area contributed by atoms with Gasteiger partial charge >= 0.3 is 5.69 Å². The molecule has 0 radical (unpaired) electrons. The molecule has 3 N–H and O–H groups in total. The molecule has 1 amide bonds. The van der Waals surface area contributed by atoms with Crippen LogP contribution in [0.2, 0.25) is 5.02 Å². The zero-order valence-corrected chi connectivity index (χ0v) is 17.9. The number of rotatable bonds is 9. The number of anilines is 2. The van der Waals surface area contributed by atoms with E-state index in [0.29, 0.717) is 24.3 Å². The molecule has 7 nitrogen and oxygen atoms in total. The summed E-state index contributed by atoms with van der Waals surface area (Å²) in [6.45, 7) is 4.45. The molecule has 0 spiro atoms. The number of H-pyrrole nitrogens is 1. The fraction of sp³-hybridized carbons (Fsp3) is 0.421. The molecule has 1 heterocycles. The lowest BCUT2D eigenvalue weighted by atomic mass is 10.2. The van der Waals surface area contributed by atoms with Crippen LogP contribution in [0.3, 0.4) is 0 Å². The topological polar surface area (TPSA) is 101 Å². The van der Waals surface area contributed by atoms with Gasteiger partial charge in [0.05, 0.1) is 10.8 Å². The number of amides is 1. The summed E-state index contributed by atoms with van der Waals surface area (Å²) in [6.07, 6.45) is 2.10. The number of benzene rings is 1. The standard InChI is InChI=1S/C19H24ClFN4O3S/c1-3-5-9-24(15(26)11-29-12-6-7-14(21)13(20)10-12)16-17(22)25(8-4-2)19(28)23-18(16)27/h6-7,10H,3-5,8-9,11,22H2,1-2H3,(H,23,27,28). The van der Waals surface area contributed by atoms with Crippen molar-refractivity contribution in [3.63, 3.8) is 0 Å². The fourth-order valence-electron chi connectivity index (χ4n) is 2.75. The van der Waals surface area contributed by atoms with E-state index in [4.69, 9.17) is 17.3 Å². The average Bonchev–Trinajstić information content (AvgIpc) is 2.68. The van der Waals surface area contributed by atoms with Crippen LogP contribution >= 0.6 is 23.4 Å². The number of unbranched alkanes of at least 4 members (excludes halogenated alkanes) is 1. The summed E-state index contributed by atoms with van der Waals surface area (Å²) in [5.41, 5.74) is 4.79. The zero-order chi connectivity index (χ0) is 21.6. The second kappa shape index (κ2) is 10.5. The van der Waals surface area contributed by atoms with Gasteiger partial charge in [-0.2, -0.15) is 0 Å². The van der Waals surface area contributed by atoms with Crippen molar-refractivity contribution in [2.24, 2.45) is 0 Å². The van der Waals surface area contributed by atoms with E-state index in [9.17, 15) is 18.8 Å². The van der Waals surface area contributed by atoms with Crippen LogP contribution in [0.15, 0.2) is 32.7 Å². The second-order valence-electron chi connectivity index (χ2n) is 6.41. The third-order valence-electron chi connectivity index (χ3n) is 4.22. The Morgan fingerprint density at radius 2 is 2.03 bits per heavy atom. The van der Waals surface area contributed by atoms with E-state index in [0.717, 1.165) is 6.42 Å². The minimum Gasteiger partial charge on any atom is -0.383 e. The predicted octanol–water partition coefficient (Wildman–Crippen LogP) is 3.25. The van der Waals surface area contributed by atoms with Crippen LogP contribution in [0, 0.1) is 5.82 Å². The molecule has 0 unspecified atom stereocenters. The summed E-state index contributed by atoms with van der Waals surface area (Å²) in [4.78, 5) is 41.7. The van der Waals surface area contributed by atoms with Crippen molar-refractivity contribution in [1.82, 2.24) is 9.55 Å². The number of nitrogen functional groups attached to an aromatic ring is 1. The third kappa shape index (κ3) is 5.63. The second-order valence-corrected chi connectivity index (χ2v) is 7.86. The summed E-state index contributed by atoms with van der Waals surface area (Å²) >= 11 is 6.95. The summed E-state index contributed by atoms with van der Waals surface area (Å²) in [7, 11) is 0. The molecule has 2 rings (SSSR count). The molecule has 1 aromatic heterocycles. The maximum Gasteiger partial charge on any atom is 0.330 e. The largest absolute Gasteiger partial charge is 0.383 e. The first-order valence-corrected chi connectivity index (χ1v) is 10.7. The molecule has 0 saturated heterocycles. The van der Waals surface area contributed by atoms with Crippen LogP contribution in [0.4, 0.5) is 15.9 Å². The highest BCUT2D eigenvalue weighted by Gasteiger charge is 2.24. The first kappa shape index (κ1) is 23.0. The zero-order valence-electron chi connectivity index (χ0n) is 16.3. The van der Waals surface area contributed by atoms with Crippen LogP contribution < -0.4 is 21.9 Å². The maximum atomic E-state index is 13.3. The molecule has 2 aromatic rings. The number of aromatic amines is 1. The number of nitrogens with zero attached hydrogens (tertiary/aromatic N) is 2. The van der Waals surface area contributed by atoms with Crippen molar-refractivity contribution in [2.45, 2.75) is 44.6 Å². The number of hydrogen-bond donors (Lipinski definition) is 2. The lowest BCUT2D eigenvalue weighted by Gasteiger charge is -2.24. The van der Waals surface area contributed by atoms with E-state index >= 15 is 0 Å². The van der Waals surface area contributed by atoms with Gasteiger partial charge < -0.3 is 10.6 Å². The van der Waals surface area contributed by atoms with Gasteiger partial charge in [0.25, 0.3) is 5.56 Å². The number of hydrogen-bond acceptors (Lipinski definition) is 5.